The second-order valence-corrected chi connectivity index (χ2v) is 16.3. The van der Waals surface area contributed by atoms with E-state index in [4.69, 9.17) is 14.3 Å². The first-order valence-corrected chi connectivity index (χ1v) is 19.6. The van der Waals surface area contributed by atoms with Crippen LogP contribution in [-0.2, 0) is 42.6 Å². The Bertz CT molecular complexity index is 2300. The molecule has 14 heteroatoms. The van der Waals surface area contributed by atoms with Crippen molar-refractivity contribution in [3.05, 3.63) is 141 Å². The highest BCUT2D eigenvalue weighted by Crippen LogP contribution is 2.51. The summed E-state index contributed by atoms with van der Waals surface area (Å²) in [6.45, 7) is 3.87. The third-order valence-corrected chi connectivity index (χ3v) is 13.3. The van der Waals surface area contributed by atoms with Gasteiger partial charge in [0.2, 0.25) is 2.82 Å². The maximum Gasteiger partial charge on any atom is 0.281 e. The van der Waals surface area contributed by atoms with Gasteiger partial charge >= 0.3 is 0 Å². The van der Waals surface area contributed by atoms with Crippen molar-refractivity contribution in [2.24, 2.45) is 21.7 Å². The SMILES string of the molecule is [H]/N=N/C1=Cc2ccccc2C(c2ccc(-c3ccc(C4(S(=O)(=O)O)c5ccccc5C=C(/N=N/[H])C4N)c(CCC)c3)cc2CCC)(S(=O)(=O)O)C1N. The average molecular weight is 741 g/mol. The highest BCUT2D eigenvalue weighted by Gasteiger charge is 2.57. The molecular weight excluding hydrogens is 701 g/mol. The average Bonchev–Trinajstić information content (AvgIpc) is 3.12. The van der Waals surface area contributed by atoms with Crippen LogP contribution in [0.4, 0.5) is 0 Å². The zero-order valence-electron chi connectivity index (χ0n) is 30.5. The summed E-state index contributed by atoms with van der Waals surface area (Å²) in [5.41, 5.74) is 24.0. The van der Waals surface area contributed by atoms with E-state index in [0.29, 0.717) is 59.1 Å². The van der Waals surface area contributed by atoms with E-state index in [9.17, 15) is 25.9 Å². The van der Waals surface area contributed by atoms with Crippen LogP contribution in [0.2, 0.25) is 2.82 Å². The van der Waals surface area contributed by atoms with Gasteiger partial charge in [-0.15, -0.1) is 0 Å². The van der Waals surface area contributed by atoms with Crippen LogP contribution in [0.1, 0.15) is 71.2 Å². The molecule has 6 rings (SSSR count). The Balaban J connectivity index is 1.60. The smallest absolute Gasteiger partial charge is 0.281 e. The third-order valence-electron chi connectivity index (χ3n) is 10.3. The Kier molecular flexibility index (Phi) is 9.06. The van der Waals surface area contributed by atoms with Gasteiger partial charge in [0.25, 0.3) is 20.2 Å². The van der Waals surface area contributed by atoms with Gasteiger partial charge in [-0.1, -0.05) is 112 Å². The van der Waals surface area contributed by atoms with Gasteiger partial charge in [0.15, 0.2) is 9.49 Å². The summed E-state index contributed by atoms with van der Waals surface area (Å²) in [6, 6.07) is 20.7. The molecule has 8 N–H and O–H groups in total. The van der Waals surface area contributed by atoms with Crippen LogP contribution in [0.25, 0.3) is 23.3 Å². The highest BCUT2D eigenvalue weighted by atomic mass is 32.2. The molecule has 270 valence electrons. The lowest BCUT2D eigenvalue weighted by Crippen LogP contribution is -2.54. The molecule has 0 fully saturated rings. The van der Waals surface area contributed by atoms with E-state index in [-0.39, 0.29) is 33.6 Å². The topological polar surface area (TPSA) is 233 Å². The van der Waals surface area contributed by atoms with E-state index in [1.165, 1.54) is 0 Å². The van der Waals surface area contributed by atoms with E-state index in [0.717, 1.165) is 0 Å². The Labute approximate surface area is 306 Å². The summed E-state index contributed by atoms with van der Waals surface area (Å²) in [4.78, 5) is 0. The number of fused-ring (bicyclic) bond motifs is 2. The van der Waals surface area contributed by atoms with Crippen molar-refractivity contribution < 1.29 is 28.8 Å². The predicted octanol–water partition coefficient (Wildman–Crippen LogP) is 6.95. The molecule has 0 spiro atoms. The van der Waals surface area contributed by atoms with Crippen LogP contribution >= 0.6 is 0 Å². The van der Waals surface area contributed by atoms with Gasteiger partial charge in [0.05, 0.1) is 23.5 Å². The van der Waals surface area contributed by atoms with Crippen molar-refractivity contribution in [1.82, 2.24) is 0 Å². The third kappa shape index (κ3) is 5.49. The maximum absolute atomic E-state index is 13.8. The molecule has 0 saturated heterocycles. The van der Waals surface area contributed by atoms with Gasteiger partial charge in [-0.3, -0.25) is 9.11 Å². The molecule has 52 heavy (non-hydrogen) atoms. The van der Waals surface area contributed by atoms with E-state index < -0.39 is 41.8 Å². The second-order valence-electron chi connectivity index (χ2n) is 13.1. The largest absolute Gasteiger partial charge is 0.321 e. The fraction of sp³-hybridized carbons (Fsp3) is 0.263. The Morgan fingerprint density at radius 3 is 1.38 bits per heavy atom. The molecule has 12 nitrogen and oxygen atoms in total. The maximum atomic E-state index is 13.8. The summed E-state index contributed by atoms with van der Waals surface area (Å²) in [6.07, 6.45) is 5.09. The van der Waals surface area contributed by atoms with Crippen molar-refractivity contribution in [1.29, 1.82) is 11.0 Å². The Hall–Kier alpha value is -4.70. The number of nitrogens with two attached hydrogens (primary N) is 2. The molecular formula is C38H40N6O6S2. The van der Waals surface area contributed by atoms with Gasteiger partial charge in [0.1, 0.15) is 0 Å². The number of hydrogen-bond donors (Lipinski definition) is 6. The predicted molar refractivity (Wildman–Crippen MR) is 200 cm³/mol. The Morgan fingerprint density at radius 1 is 0.654 bits per heavy atom. The summed E-state index contributed by atoms with van der Waals surface area (Å²) in [5, 5.41) is 7.66. The zero-order chi connectivity index (χ0) is 39.1. The number of benzene rings is 4. The summed E-state index contributed by atoms with van der Waals surface area (Å²) in [7, 11) is -10.0. The van der Waals surface area contributed by atoms with Gasteiger partial charge in [-0.2, -0.15) is 27.1 Å². The summed E-state index contributed by atoms with van der Waals surface area (Å²) < 4.78 is 87.7. The number of aryl methyl sites for hydroxylation is 2. The molecule has 0 saturated carbocycles. The molecule has 4 aromatic carbocycles. The first-order valence-electron chi connectivity index (χ1n) is 17.7. The number of hydrogen-bond acceptors (Lipinski definition) is 10. The van der Waals surface area contributed by atoms with E-state index in [2.05, 4.69) is 21.3 Å². The first-order chi connectivity index (χ1) is 25.7. The van der Waals surface area contributed by atoms with Crippen LogP contribution in [0.3, 0.4) is 0 Å². The van der Waals surface area contributed by atoms with Crippen molar-refractivity contribution in [2.75, 3.05) is 0 Å². The number of nitrogens with zero attached hydrogens (tertiary/aromatic N) is 2. The molecule has 0 aromatic heterocycles. The lowest BCUT2D eigenvalue weighted by Gasteiger charge is -2.41. The van der Waals surface area contributed by atoms with Crippen LogP contribution < -0.4 is 11.5 Å². The Morgan fingerprint density at radius 2 is 1.04 bits per heavy atom. The van der Waals surface area contributed by atoms with Crippen molar-refractivity contribution >= 4 is 32.4 Å². The van der Waals surface area contributed by atoms with Crippen LogP contribution in [0.5, 0.6) is 0 Å². The molecule has 0 aliphatic heterocycles. The number of nitrogens with one attached hydrogen (secondary N) is 2. The molecule has 4 aromatic rings. The van der Waals surface area contributed by atoms with Crippen molar-refractivity contribution in [2.45, 2.75) is 61.1 Å². The van der Waals surface area contributed by atoms with Gasteiger partial charge in [-0.05, 0) is 80.6 Å². The molecule has 0 amide bonds. The normalized spacial score (nSPS) is 23.8. The minimum Gasteiger partial charge on any atom is -0.321 e. The van der Waals surface area contributed by atoms with Crippen molar-refractivity contribution in [3.8, 4) is 11.1 Å². The summed E-state index contributed by atoms with van der Waals surface area (Å²) >= 11 is 0. The summed E-state index contributed by atoms with van der Waals surface area (Å²) in [5.74, 6) is 0. The van der Waals surface area contributed by atoms with E-state index >= 15 is 0 Å². The fourth-order valence-corrected chi connectivity index (χ4v) is 10.8. The minimum absolute atomic E-state index is 0.00473. The van der Waals surface area contributed by atoms with Crippen LogP contribution in [0, 0.1) is 11.0 Å². The quantitative estimate of drug-likeness (QED) is 0.0694. The number of rotatable bonds is 11. The lowest BCUT2D eigenvalue weighted by molar-refractivity contribution is 0.422. The van der Waals surface area contributed by atoms with Crippen LogP contribution in [-0.4, -0.2) is 38.0 Å². The van der Waals surface area contributed by atoms with E-state index in [1.54, 1.807) is 84.9 Å². The molecule has 2 aliphatic carbocycles. The highest BCUT2D eigenvalue weighted by molar-refractivity contribution is 7.87. The minimum atomic E-state index is -5.02. The van der Waals surface area contributed by atoms with Gasteiger partial charge in [0, 0.05) is 0 Å². The standard InChI is InChI=1S/C38H40N6O6S2/c1-3-9-25-19-23(15-17-31(25)37(51(45,46)47)29-13-7-5-11-27(29)21-33(43-41)35(37)39)24-16-18-32(26(20-24)10-4-2)38(52(48,49)50)30-14-8-6-12-28(30)22-34(44-42)36(38)40/h5-8,11-22,35-36,41-42H,3-4,9-10,39-40H2,1-2H3,(H,45,46,47)(H,48,49,50)/b43-41+,44-42+. The van der Waals surface area contributed by atoms with Gasteiger partial charge < -0.3 is 11.5 Å². The molecule has 0 bridgehead atoms. The molecule has 4 atom stereocenters. The molecule has 4 unspecified atom stereocenters. The van der Waals surface area contributed by atoms with Crippen LogP contribution in [0.15, 0.2) is 107 Å². The second kappa shape index (κ2) is 13.7. The fourth-order valence-electron chi connectivity index (χ4n) is 8.08. The van der Waals surface area contributed by atoms with Gasteiger partial charge in [-0.25, -0.2) is 11.0 Å². The lowest BCUT2D eigenvalue weighted by atomic mass is 9.74. The van der Waals surface area contributed by atoms with E-state index in [1.807, 2.05) is 26.0 Å². The first kappa shape index (κ1) is 34.4. The molecule has 2 aliphatic rings. The molecule has 0 radical (unpaired) electrons. The zero-order valence-corrected chi connectivity index (χ0v) is 30.1. The monoisotopic (exact) mass is 740 g/mol. The molecule has 0 heterocycles. The van der Waals surface area contributed by atoms with Crippen molar-refractivity contribution in [3.63, 3.8) is 0 Å².